The van der Waals surface area contributed by atoms with E-state index in [0.29, 0.717) is 43.1 Å². The number of nitrogens with two attached hydrogens (primary N) is 2. The third kappa shape index (κ3) is 2.90. The number of carbonyl (C=O) groups excluding carboxylic acids is 1. The lowest BCUT2D eigenvalue weighted by Crippen LogP contribution is -2.48. The van der Waals surface area contributed by atoms with Gasteiger partial charge in [0, 0.05) is 38.7 Å². The molecule has 0 bridgehead atoms. The number of rotatable bonds is 2. The molecule has 8 nitrogen and oxygen atoms in total. The maximum atomic E-state index is 14.0. The Kier molecular flexibility index (Phi) is 4.06. The van der Waals surface area contributed by atoms with Crippen LogP contribution in [0.15, 0.2) is 30.6 Å². The first-order valence-corrected chi connectivity index (χ1v) is 8.64. The Hall–Kier alpha value is -3.36. The molecule has 0 saturated carbocycles. The van der Waals surface area contributed by atoms with Gasteiger partial charge in [0.05, 0.1) is 5.69 Å². The van der Waals surface area contributed by atoms with Gasteiger partial charge in [0.15, 0.2) is 5.82 Å². The fourth-order valence-electron chi connectivity index (χ4n) is 3.44. The summed E-state index contributed by atoms with van der Waals surface area (Å²) in [5.74, 6) is 0.721. The maximum Gasteiger partial charge on any atom is 0.219 e. The number of carbonyl (C=O) groups is 1. The van der Waals surface area contributed by atoms with Crippen LogP contribution in [0.4, 0.5) is 21.7 Å². The lowest BCUT2D eigenvalue weighted by molar-refractivity contribution is -0.129. The van der Waals surface area contributed by atoms with E-state index in [0.717, 1.165) is 11.4 Å². The molecule has 1 aliphatic rings. The molecule has 1 saturated heterocycles. The summed E-state index contributed by atoms with van der Waals surface area (Å²) in [5, 5.41) is 4.34. The molecule has 0 spiro atoms. The molecule has 0 aliphatic carbocycles. The van der Waals surface area contributed by atoms with Gasteiger partial charge >= 0.3 is 0 Å². The highest BCUT2D eigenvalue weighted by Crippen LogP contribution is 2.35. The maximum absolute atomic E-state index is 14.0. The number of nitrogens with zero attached hydrogens (tertiary/aromatic N) is 5. The van der Waals surface area contributed by atoms with E-state index in [4.69, 9.17) is 11.5 Å². The molecular formula is C18H20FN7O. The van der Waals surface area contributed by atoms with E-state index in [1.54, 1.807) is 17.5 Å². The highest BCUT2D eigenvalue weighted by atomic mass is 19.1. The number of aromatic nitrogens is 3. The van der Waals surface area contributed by atoms with Crippen LogP contribution in [-0.4, -0.2) is 51.6 Å². The van der Waals surface area contributed by atoms with Crippen molar-refractivity contribution in [1.82, 2.24) is 19.5 Å². The minimum Gasteiger partial charge on any atom is -0.396 e. The van der Waals surface area contributed by atoms with Crippen molar-refractivity contribution in [1.29, 1.82) is 0 Å². The zero-order valence-corrected chi connectivity index (χ0v) is 14.9. The Morgan fingerprint density at radius 3 is 2.56 bits per heavy atom. The topological polar surface area (TPSA) is 106 Å². The summed E-state index contributed by atoms with van der Waals surface area (Å²) in [6.45, 7) is 4.18. The van der Waals surface area contributed by atoms with Gasteiger partial charge in [0.25, 0.3) is 0 Å². The normalized spacial score (nSPS) is 14.7. The van der Waals surface area contributed by atoms with E-state index >= 15 is 0 Å². The summed E-state index contributed by atoms with van der Waals surface area (Å²) in [4.78, 5) is 19.6. The number of halogens is 1. The highest BCUT2D eigenvalue weighted by molar-refractivity contribution is 5.91. The predicted octanol–water partition coefficient (Wildman–Crippen LogP) is 1.37. The van der Waals surface area contributed by atoms with Crippen LogP contribution in [-0.2, 0) is 4.79 Å². The molecular weight excluding hydrogens is 349 g/mol. The van der Waals surface area contributed by atoms with E-state index in [9.17, 15) is 9.18 Å². The number of hydrogen-bond donors (Lipinski definition) is 2. The molecule has 4 rings (SSSR count). The summed E-state index contributed by atoms with van der Waals surface area (Å²) >= 11 is 0. The Labute approximate surface area is 155 Å². The van der Waals surface area contributed by atoms with Gasteiger partial charge in [-0.3, -0.25) is 4.79 Å². The molecule has 3 aromatic rings. The van der Waals surface area contributed by atoms with Crippen LogP contribution in [0.2, 0.25) is 0 Å². The highest BCUT2D eigenvalue weighted by Gasteiger charge is 2.24. The summed E-state index contributed by atoms with van der Waals surface area (Å²) in [6.07, 6.45) is 1.39. The van der Waals surface area contributed by atoms with Crippen LogP contribution in [0.3, 0.4) is 0 Å². The second-order valence-electron chi connectivity index (χ2n) is 6.55. The number of amides is 1. The van der Waals surface area contributed by atoms with Crippen LogP contribution in [0, 0.1) is 5.82 Å². The average molecular weight is 369 g/mol. The van der Waals surface area contributed by atoms with E-state index in [1.807, 2.05) is 11.0 Å². The van der Waals surface area contributed by atoms with Gasteiger partial charge in [-0.05, 0) is 23.8 Å². The van der Waals surface area contributed by atoms with Gasteiger partial charge in [-0.15, -0.1) is 0 Å². The molecule has 4 N–H and O–H groups in total. The monoisotopic (exact) mass is 369 g/mol. The predicted molar refractivity (Wildman–Crippen MR) is 102 cm³/mol. The van der Waals surface area contributed by atoms with E-state index in [1.165, 1.54) is 18.5 Å². The summed E-state index contributed by atoms with van der Waals surface area (Å²) < 4.78 is 15.7. The van der Waals surface area contributed by atoms with Crippen LogP contribution in [0.25, 0.3) is 16.6 Å². The number of anilines is 3. The molecule has 0 radical (unpaired) electrons. The molecule has 0 unspecified atom stereocenters. The van der Waals surface area contributed by atoms with Crippen molar-refractivity contribution in [2.24, 2.45) is 0 Å². The van der Waals surface area contributed by atoms with Crippen molar-refractivity contribution in [2.45, 2.75) is 6.92 Å². The molecule has 1 amide bonds. The lowest BCUT2D eigenvalue weighted by Gasteiger charge is -2.35. The summed E-state index contributed by atoms with van der Waals surface area (Å²) in [5.41, 5.74) is 13.8. The standard InChI is InChI=1S/C18H20FN7O/c1-11(27)24-4-6-25(7-5-24)16-9-13(12-2-3-15(20)14(19)8-12)17-18(21)22-10-23-26(16)17/h2-3,8-10H,4-7,20H2,1H3,(H2,21,22,23). The molecule has 9 heteroatoms. The Morgan fingerprint density at radius 2 is 1.89 bits per heavy atom. The third-order valence-corrected chi connectivity index (χ3v) is 4.92. The van der Waals surface area contributed by atoms with Gasteiger partial charge in [-0.1, -0.05) is 6.07 Å². The smallest absolute Gasteiger partial charge is 0.219 e. The fraction of sp³-hybridized carbons (Fsp3) is 0.278. The zero-order chi connectivity index (χ0) is 19.1. The first-order chi connectivity index (χ1) is 13.0. The Bertz CT molecular complexity index is 1020. The minimum absolute atomic E-state index is 0.0688. The molecule has 2 aromatic heterocycles. The number of fused-ring (bicyclic) bond motifs is 1. The molecule has 0 atom stereocenters. The molecule has 3 heterocycles. The van der Waals surface area contributed by atoms with Crippen LogP contribution < -0.4 is 16.4 Å². The lowest BCUT2D eigenvalue weighted by atomic mass is 10.1. The van der Waals surface area contributed by atoms with Gasteiger partial charge < -0.3 is 21.3 Å². The average Bonchev–Trinajstić information content (AvgIpc) is 3.05. The second kappa shape index (κ2) is 6.42. The van der Waals surface area contributed by atoms with Gasteiger partial charge in [-0.25, -0.2) is 13.9 Å². The van der Waals surface area contributed by atoms with Crippen molar-refractivity contribution < 1.29 is 9.18 Å². The zero-order valence-electron chi connectivity index (χ0n) is 14.9. The molecule has 1 aliphatic heterocycles. The molecule has 140 valence electrons. The minimum atomic E-state index is -0.487. The van der Waals surface area contributed by atoms with E-state index < -0.39 is 5.82 Å². The van der Waals surface area contributed by atoms with Gasteiger partial charge in [0.1, 0.15) is 23.5 Å². The van der Waals surface area contributed by atoms with Gasteiger partial charge in [-0.2, -0.15) is 5.10 Å². The Balaban J connectivity index is 1.80. The largest absolute Gasteiger partial charge is 0.396 e. The summed E-state index contributed by atoms with van der Waals surface area (Å²) in [7, 11) is 0. The third-order valence-electron chi connectivity index (χ3n) is 4.92. The van der Waals surface area contributed by atoms with Crippen molar-refractivity contribution in [2.75, 3.05) is 42.5 Å². The SMILES string of the molecule is CC(=O)N1CCN(c2cc(-c3ccc(N)c(F)c3)c3c(N)ncnn23)CC1. The van der Waals surface area contributed by atoms with Gasteiger partial charge in [0.2, 0.25) is 5.91 Å². The molecule has 1 aromatic carbocycles. The quantitative estimate of drug-likeness (QED) is 0.661. The first-order valence-electron chi connectivity index (χ1n) is 8.64. The molecule has 27 heavy (non-hydrogen) atoms. The summed E-state index contributed by atoms with van der Waals surface area (Å²) in [6, 6.07) is 6.58. The van der Waals surface area contributed by atoms with Crippen LogP contribution >= 0.6 is 0 Å². The van der Waals surface area contributed by atoms with E-state index in [-0.39, 0.29) is 11.6 Å². The van der Waals surface area contributed by atoms with E-state index in [2.05, 4.69) is 15.0 Å². The number of piperazine rings is 1. The van der Waals surface area contributed by atoms with Crippen LogP contribution in [0.5, 0.6) is 0 Å². The van der Waals surface area contributed by atoms with Crippen LogP contribution in [0.1, 0.15) is 6.92 Å². The van der Waals surface area contributed by atoms with Crippen molar-refractivity contribution in [3.8, 4) is 11.1 Å². The number of hydrogen-bond acceptors (Lipinski definition) is 6. The van der Waals surface area contributed by atoms with Crippen molar-refractivity contribution >= 4 is 28.7 Å². The Morgan fingerprint density at radius 1 is 1.15 bits per heavy atom. The first kappa shape index (κ1) is 17.1. The number of benzene rings is 1. The molecule has 1 fully saturated rings. The fourth-order valence-corrected chi connectivity index (χ4v) is 3.44. The second-order valence-corrected chi connectivity index (χ2v) is 6.55. The van der Waals surface area contributed by atoms with Crippen molar-refractivity contribution in [3.05, 3.63) is 36.4 Å². The van der Waals surface area contributed by atoms with Crippen molar-refractivity contribution in [3.63, 3.8) is 0 Å². The number of nitrogen functional groups attached to an aromatic ring is 2.